The molecule has 2 aromatic heterocycles. The van der Waals surface area contributed by atoms with E-state index in [0.717, 1.165) is 0 Å². The van der Waals surface area contributed by atoms with E-state index in [1.165, 1.54) is 18.7 Å². The van der Waals surface area contributed by atoms with Crippen molar-refractivity contribution in [3.05, 3.63) is 24.6 Å². The Kier molecular flexibility index (Phi) is 2.48. The van der Waals surface area contributed by atoms with Gasteiger partial charge in [0.25, 0.3) is 0 Å². The molecule has 0 spiro atoms. The number of aliphatic hydroxyl groups excluding tert-OH is 1. The molecule has 0 radical (unpaired) electrons. The van der Waals surface area contributed by atoms with Crippen molar-refractivity contribution in [1.82, 2.24) is 19.5 Å². The molecule has 1 aliphatic rings. The second-order valence-electron chi connectivity index (χ2n) is 4.33. The van der Waals surface area contributed by atoms with Gasteiger partial charge in [-0.1, -0.05) is 0 Å². The largest absolute Gasteiger partial charge is 0.396 e. The van der Waals surface area contributed by atoms with Gasteiger partial charge in [0.2, 0.25) is 0 Å². The second-order valence-corrected chi connectivity index (χ2v) is 4.33. The fourth-order valence-electron chi connectivity index (χ4n) is 2.28. The normalized spacial score (nSPS) is 23.6. The van der Waals surface area contributed by atoms with Crippen molar-refractivity contribution >= 4 is 17.0 Å². The Balaban J connectivity index is 2.06. The minimum absolute atomic E-state index is 0.0618. The third-order valence-electron chi connectivity index (χ3n) is 3.20. The number of hydrogen-bond acceptors (Lipinski definition) is 5. The number of nitrogens with zero attached hydrogens (tertiary/aromatic N) is 4. The van der Waals surface area contributed by atoms with Gasteiger partial charge in [0.15, 0.2) is 11.5 Å². The fraction of sp³-hybridized carbons (Fsp3) is 0.364. The van der Waals surface area contributed by atoms with Crippen molar-refractivity contribution in [2.24, 2.45) is 5.92 Å². The van der Waals surface area contributed by atoms with Gasteiger partial charge in [0.05, 0.1) is 12.4 Å². The summed E-state index contributed by atoms with van der Waals surface area (Å²) in [6, 6.07) is -0.471. The van der Waals surface area contributed by atoms with Gasteiger partial charge in [-0.15, -0.1) is 0 Å². The number of fused-ring (bicyclic) bond motifs is 1. The Hall–Kier alpha value is -2.02. The number of allylic oxidation sites excluding steroid dienone is 1. The topological polar surface area (TPSA) is 89.9 Å². The van der Waals surface area contributed by atoms with E-state index in [0.29, 0.717) is 17.6 Å². The molecule has 0 unspecified atom stereocenters. The maximum Gasteiger partial charge on any atom is 0.166 e. The first kappa shape index (κ1) is 11.1. The smallest absolute Gasteiger partial charge is 0.166 e. The molecule has 94 valence electrons. The molecule has 7 heteroatoms. The number of anilines is 1. The van der Waals surface area contributed by atoms with Gasteiger partial charge in [0, 0.05) is 12.5 Å². The number of imidazole rings is 1. The molecule has 0 aliphatic heterocycles. The van der Waals surface area contributed by atoms with E-state index in [1.54, 1.807) is 4.57 Å². The Morgan fingerprint density at radius 2 is 2.28 bits per heavy atom. The molecule has 2 aromatic rings. The maximum atomic E-state index is 13.8. The first-order valence-corrected chi connectivity index (χ1v) is 5.61. The fourth-order valence-corrected chi connectivity index (χ4v) is 2.28. The van der Waals surface area contributed by atoms with Crippen molar-refractivity contribution in [2.75, 3.05) is 12.3 Å². The molecule has 0 saturated carbocycles. The highest BCUT2D eigenvalue weighted by Crippen LogP contribution is 2.36. The highest BCUT2D eigenvalue weighted by Gasteiger charge is 2.29. The van der Waals surface area contributed by atoms with Crippen molar-refractivity contribution in [3.63, 3.8) is 0 Å². The summed E-state index contributed by atoms with van der Waals surface area (Å²) in [6.45, 7) is -0.0618. The molecule has 2 heterocycles. The molecule has 0 fully saturated rings. The van der Waals surface area contributed by atoms with Crippen LogP contribution in [0.25, 0.3) is 11.2 Å². The Morgan fingerprint density at radius 3 is 3.00 bits per heavy atom. The molecule has 18 heavy (non-hydrogen) atoms. The second kappa shape index (κ2) is 4.02. The first-order chi connectivity index (χ1) is 8.70. The van der Waals surface area contributed by atoms with E-state index in [2.05, 4.69) is 15.0 Å². The number of nitrogen functional groups attached to an aromatic ring is 1. The predicted molar refractivity (Wildman–Crippen MR) is 63.2 cm³/mol. The van der Waals surface area contributed by atoms with Crippen molar-refractivity contribution in [1.29, 1.82) is 0 Å². The number of aromatic nitrogens is 4. The summed E-state index contributed by atoms with van der Waals surface area (Å²) in [4.78, 5) is 12.0. The van der Waals surface area contributed by atoms with Gasteiger partial charge in [-0.25, -0.2) is 19.3 Å². The van der Waals surface area contributed by atoms with Crippen LogP contribution in [-0.4, -0.2) is 31.2 Å². The molecule has 0 saturated heterocycles. The van der Waals surface area contributed by atoms with Crippen LogP contribution in [0.5, 0.6) is 0 Å². The summed E-state index contributed by atoms with van der Waals surface area (Å²) >= 11 is 0. The molecule has 1 aliphatic carbocycles. The lowest BCUT2D eigenvalue weighted by molar-refractivity contribution is 0.243. The lowest BCUT2D eigenvalue weighted by Crippen LogP contribution is -2.09. The van der Waals surface area contributed by atoms with Crippen LogP contribution in [0.15, 0.2) is 24.6 Å². The molecule has 3 N–H and O–H groups in total. The molecular weight excluding hydrogens is 237 g/mol. The van der Waals surface area contributed by atoms with Crippen LogP contribution >= 0.6 is 0 Å². The third kappa shape index (κ3) is 1.55. The van der Waals surface area contributed by atoms with Crippen LogP contribution in [0.4, 0.5) is 10.2 Å². The minimum atomic E-state index is -0.471. The Bertz CT molecular complexity index is 623. The van der Waals surface area contributed by atoms with E-state index < -0.39 is 6.04 Å². The van der Waals surface area contributed by atoms with E-state index >= 15 is 0 Å². The monoisotopic (exact) mass is 249 g/mol. The number of hydrogen-bond donors (Lipinski definition) is 2. The van der Waals surface area contributed by atoms with Crippen LogP contribution in [0, 0.1) is 5.92 Å². The van der Waals surface area contributed by atoms with Gasteiger partial charge in [-0.2, -0.15) is 0 Å². The molecule has 3 rings (SSSR count). The summed E-state index contributed by atoms with van der Waals surface area (Å²) in [7, 11) is 0. The predicted octanol–water partition coefficient (Wildman–Crippen LogP) is 0.815. The number of rotatable bonds is 2. The lowest BCUT2D eigenvalue weighted by Gasteiger charge is -2.13. The summed E-state index contributed by atoms with van der Waals surface area (Å²) in [6.07, 6.45) is 4.78. The summed E-state index contributed by atoms with van der Waals surface area (Å²) < 4.78 is 15.5. The first-order valence-electron chi connectivity index (χ1n) is 5.61. The highest BCUT2D eigenvalue weighted by molar-refractivity contribution is 5.81. The molecule has 6 nitrogen and oxygen atoms in total. The number of halogens is 1. The van der Waals surface area contributed by atoms with Crippen molar-refractivity contribution in [3.8, 4) is 0 Å². The van der Waals surface area contributed by atoms with Gasteiger partial charge in [-0.05, 0) is 12.5 Å². The van der Waals surface area contributed by atoms with Crippen molar-refractivity contribution < 1.29 is 9.50 Å². The van der Waals surface area contributed by atoms with Gasteiger partial charge < -0.3 is 15.4 Å². The van der Waals surface area contributed by atoms with E-state index in [4.69, 9.17) is 10.8 Å². The van der Waals surface area contributed by atoms with Crippen LogP contribution < -0.4 is 5.73 Å². The van der Waals surface area contributed by atoms with E-state index in [-0.39, 0.29) is 24.2 Å². The van der Waals surface area contributed by atoms with Gasteiger partial charge in [0.1, 0.15) is 17.7 Å². The van der Waals surface area contributed by atoms with Crippen LogP contribution in [0.1, 0.15) is 12.5 Å². The zero-order chi connectivity index (χ0) is 12.7. The summed E-state index contributed by atoms with van der Waals surface area (Å²) in [5.41, 5.74) is 6.66. The standard InChI is InChI=1S/C11H12FN5O/c12-7-1-6(3-18)2-8(7)17-5-16-9-10(13)14-4-15-11(9)17/h1,4-6,8,18H,2-3H2,(H2,13,14,15)/t6-,8-/m0/s1. The molecule has 2 atom stereocenters. The Morgan fingerprint density at radius 1 is 1.44 bits per heavy atom. The summed E-state index contributed by atoms with van der Waals surface area (Å²) in [5.74, 6) is -0.156. The lowest BCUT2D eigenvalue weighted by atomic mass is 10.1. The molecule has 0 amide bonds. The van der Waals surface area contributed by atoms with Gasteiger partial charge >= 0.3 is 0 Å². The zero-order valence-electron chi connectivity index (χ0n) is 9.49. The maximum absolute atomic E-state index is 13.8. The number of nitrogens with two attached hydrogens (primary N) is 1. The molecule has 0 aromatic carbocycles. The van der Waals surface area contributed by atoms with E-state index in [9.17, 15) is 4.39 Å². The Labute approximate surface area is 102 Å². The number of aliphatic hydroxyl groups is 1. The third-order valence-corrected chi connectivity index (χ3v) is 3.20. The van der Waals surface area contributed by atoms with Crippen molar-refractivity contribution in [2.45, 2.75) is 12.5 Å². The zero-order valence-corrected chi connectivity index (χ0v) is 9.49. The van der Waals surface area contributed by atoms with Crippen LogP contribution in [0.3, 0.4) is 0 Å². The molecular formula is C11H12FN5O. The SMILES string of the molecule is Nc1ncnc2c1ncn2[C@H]1C[C@@H](CO)C=C1F. The molecule has 0 bridgehead atoms. The average molecular weight is 249 g/mol. The minimum Gasteiger partial charge on any atom is -0.396 e. The average Bonchev–Trinajstić information content (AvgIpc) is 2.93. The van der Waals surface area contributed by atoms with Gasteiger partial charge in [-0.3, -0.25) is 0 Å². The highest BCUT2D eigenvalue weighted by atomic mass is 19.1. The summed E-state index contributed by atoms with van der Waals surface area (Å²) in [5, 5.41) is 9.07. The van der Waals surface area contributed by atoms with Crippen LogP contribution in [0.2, 0.25) is 0 Å². The van der Waals surface area contributed by atoms with E-state index in [1.807, 2.05) is 0 Å². The quantitative estimate of drug-likeness (QED) is 0.822. The van der Waals surface area contributed by atoms with Crippen LogP contribution in [-0.2, 0) is 0 Å².